The molecule has 1 aromatic heterocycles. The zero-order valence-corrected chi connectivity index (χ0v) is 13.0. The van der Waals surface area contributed by atoms with E-state index in [0.717, 1.165) is 16.8 Å². The predicted octanol–water partition coefficient (Wildman–Crippen LogP) is 3.45. The Hall–Kier alpha value is -0.680. The van der Waals surface area contributed by atoms with E-state index < -0.39 is 0 Å². The first kappa shape index (κ1) is 14.7. The smallest absolute Gasteiger partial charge is 0.182 e. The van der Waals surface area contributed by atoms with Gasteiger partial charge in [0.25, 0.3) is 0 Å². The van der Waals surface area contributed by atoms with Crippen molar-refractivity contribution in [2.75, 3.05) is 13.7 Å². The van der Waals surface area contributed by atoms with Crippen molar-refractivity contribution in [1.82, 2.24) is 9.78 Å². The van der Waals surface area contributed by atoms with Gasteiger partial charge in [-0.05, 0) is 28.3 Å². The van der Waals surface area contributed by atoms with Gasteiger partial charge in [-0.3, -0.25) is 9.48 Å². The molecule has 0 aromatic carbocycles. The molecule has 0 aliphatic heterocycles. The lowest BCUT2D eigenvalue weighted by atomic mass is 9.99. The Morgan fingerprint density at radius 1 is 1.53 bits per heavy atom. The third-order valence-electron chi connectivity index (χ3n) is 3.82. The molecule has 5 heteroatoms. The molecule has 19 heavy (non-hydrogen) atoms. The lowest BCUT2D eigenvalue weighted by molar-refractivity contribution is 0.0959. The first-order chi connectivity index (χ1) is 9.22. The van der Waals surface area contributed by atoms with Crippen molar-refractivity contribution in [1.29, 1.82) is 0 Å². The number of Topliss-reactive ketones (excluding diaryl/α,β-unsaturated/α-hetero) is 1. The molecule has 0 radical (unpaired) electrons. The number of aromatic nitrogens is 2. The number of halogens is 1. The van der Waals surface area contributed by atoms with Gasteiger partial charge in [0.05, 0.1) is 23.8 Å². The molecule has 1 aliphatic carbocycles. The summed E-state index contributed by atoms with van der Waals surface area (Å²) < 4.78 is 7.58. The van der Waals surface area contributed by atoms with Crippen molar-refractivity contribution in [2.45, 2.75) is 45.1 Å². The van der Waals surface area contributed by atoms with Gasteiger partial charge in [-0.15, -0.1) is 0 Å². The van der Waals surface area contributed by atoms with Crippen molar-refractivity contribution in [3.8, 4) is 0 Å². The molecular formula is C14H21BrN2O2. The standard InChI is InChI=1S/C14H21BrN2O2/c1-19-9-8-17-14(12(15)10-16-17)13(18)7-6-11-4-2-3-5-11/h10-11H,2-9H2,1H3. The molecule has 0 bridgehead atoms. The van der Waals surface area contributed by atoms with Crippen LogP contribution in [0.15, 0.2) is 10.7 Å². The van der Waals surface area contributed by atoms with Crippen molar-refractivity contribution in [3.05, 3.63) is 16.4 Å². The summed E-state index contributed by atoms with van der Waals surface area (Å²) in [5, 5.41) is 4.22. The van der Waals surface area contributed by atoms with Gasteiger partial charge < -0.3 is 4.74 Å². The van der Waals surface area contributed by atoms with E-state index in [0.29, 0.717) is 25.3 Å². The van der Waals surface area contributed by atoms with Crippen LogP contribution in [0, 0.1) is 5.92 Å². The van der Waals surface area contributed by atoms with Crippen LogP contribution >= 0.6 is 15.9 Å². The highest BCUT2D eigenvalue weighted by molar-refractivity contribution is 9.10. The van der Waals surface area contributed by atoms with Crippen LogP contribution in [0.25, 0.3) is 0 Å². The highest BCUT2D eigenvalue weighted by Crippen LogP contribution is 2.29. The lowest BCUT2D eigenvalue weighted by Gasteiger charge is -2.09. The Balaban J connectivity index is 1.94. The number of carbonyl (C=O) groups excluding carboxylic acids is 1. The normalized spacial score (nSPS) is 16.1. The molecule has 106 valence electrons. The number of carbonyl (C=O) groups is 1. The van der Waals surface area contributed by atoms with Crippen LogP contribution in [-0.2, 0) is 11.3 Å². The van der Waals surface area contributed by atoms with E-state index in [2.05, 4.69) is 21.0 Å². The fraction of sp³-hybridized carbons (Fsp3) is 0.714. The fourth-order valence-electron chi connectivity index (χ4n) is 2.74. The molecule has 1 aromatic rings. The first-order valence-corrected chi connectivity index (χ1v) is 7.75. The van der Waals surface area contributed by atoms with E-state index in [1.807, 2.05) is 0 Å². The van der Waals surface area contributed by atoms with E-state index in [1.54, 1.807) is 18.0 Å². The highest BCUT2D eigenvalue weighted by Gasteiger charge is 2.20. The monoisotopic (exact) mass is 328 g/mol. The maximum Gasteiger partial charge on any atom is 0.182 e. The SMILES string of the molecule is COCCn1ncc(Br)c1C(=O)CCC1CCCC1. The Labute approximate surface area is 122 Å². The summed E-state index contributed by atoms with van der Waals surface area (Å²) in [6, 6.07) is 0. The molecule has 2 rings (SSSR count). The zero-order valence-electron chi connectivity index (χ0n) is 11.4. The summed E-state index contributed by atoms with van der Waals surface area (Å²) in [6.45, 7) is 1.18. The van der Waals surface area contributed by atoms with Crippen LogP contribution in [0.2, 0.25) is 0 Å². The van der Waals surface area contributed by atoms with Gasteiger partial charge in [-0.2, -0.15) is 5.10 Å². The van der Waals surface area contributed by atoms with Crippen LogP contribution in [0.1, 0.15) is 49.0 Å². The van der Waals surface area contributed by atoms with Gasteiger partial charge in [0.2, 0.25) is 0 Å². The Morgan fingerprint density at radius 2 is 2.26 bits per heavy atom. The molecule has 0 saturated heterocycles. The molecule has 1 aliphatic rings. The maximum atomic E-state index is 12.3. The average molecular weight is 329 g/mol. The molecule has 0 unspecified atom stereocenters. The third-order valence-corrected chi connectivity index (χ3v) is 4.40. The summed E-state index contributed by atoms with van der Waals surface area (Å²) in [5.41, 5.74) is 0.690. The van der Waals surface area contributed by atoms with E-state index in [-0.39, 0.29) is 5.78 Å². The summed E-state index contributed by atoms with van der Waals surface area (Å²) in [4.78, 5) is 12.3. The van der Waals surface area contributed by atoms with Crippen molar-refractivity contribution < 1.29 is 9.53 Å². The van der Waals surface area contributed by atoms with Gasteiger partial charge in [0.1, 0.15) is 5.69 Å². The van der Waals surface area contributed by atoms with Gasteiger partial charge in [-0.1, -0.05) is 25.7 Å². The second-order valence-corrected chi connectivity index (χ2v) is 6.02. The third kappa shape index (κ3) is 3.89. The average Bonchev–Trinajstić information content (AvgIpc) is 3.03. The number of ketones is 1. The van der Waals surface area contributed by atoms with E-state index in [4.69, 9.17) is 4.74 Å². The van der Waals surface area contributed by atoms with Crippen LogP contribution in [0.5, 0.6) is 0 Å². The largest absolute Gasteiger partial charge is 0.383 e. The van der Waals surface area contributed by atoms with E-state index >= 15 is 0 Å². The van der Waals surface area contributed by atoms with Gasteiger partial charge in [-0.25, -0.2) is 0 Å². The molecule has 1 fully saturated rings. The molecule has 0 amide bonds. The summed E-state index contributed by atoms with van der Waals surface area (Å²) in [7, 11) is 1.65. The van der Waals surface area contributed by atoms with Crippen molar-refractivity contribution in [3.63, 3.8) is 0 Å². The summed E-state index contributed by atoms with van der Waals surface area (Å²) >= 11 is 3.42. The minimum atomic E-state index is 0.187. The Kier molecular flexibility index (Phi) is 5.58. The summed E-state index contributed by atoms with van der Waals surface area (Å²) in [5.74, 6) is 0.936. The Morgan fingerprint density at radius 3 is 2.95 bits per heavy atom. The molecule has 0 atom stereocenters. The minimum absolute atomic E-state index is 0.187. The molecular weight excluding hydrogens is 308 g/mol. The maximum absolute atomic E-state index is 12.3. The zero-order chi connectivity index (χ0) is 13.7. The van der Waals surface area contributed by atoms with Gasteiger partial charge >= 0.3 is 0 Å². The van der Waals surface area contributed by atoms with Crippen LogP contribution in [0.4, 0.5) is 0 Å². The molecule has 0 spiro atoms. The minimum Gasteiger partial charge on any atom is -0.383 e. The number of hydrogen-bond donors (Lipinski definition) is 0. The van der Waals surface area contributed by atoms with Crippen LogP contribution < -0.4 is 0 Å². The molecule has 1 heterocycles. The fourth-order valence-corrected chi connectivity index (χ4v) is 3.26. The van der Waals surface area contributed by atoms with Crippen LogP contribution in [0.3, 0.4) is 0 Å². The van der Waals surface area contributed by atoms with Crippen molar-refractivity contribution >= 4 is 21.7 Å². The second-order valence-electron chi connectivity index (χ2n) is 5.17. The Bertz CT molecular complexity index is 425. The number of ether oxygens (including phenoxy) is 1. The number of rotatable bonds is 7. The van der Waals surface area contributed by atoms with Gasteiger partial charge in [0, 0.05) is 13.5 Å². The number of methoxy groups -OCH3 is 1. The second kappa shape index (κ2) is 7.20. The predicted molar refractivity (Wildman–Crippen MR) is 77.3 cm³/mol. The number of nitrogens with zero attached hydrogens (tertiary/aromatic N) is 2. The first-order valence-electron chi connectivity index (χ1n) is 6.96. The topological polar surface area (TPSA) is 44.1 Å². The van der Waals surface area contributed by atoms with Gasteiger partial charge in [0.15, 0.2) is 5.78 Å². The molecule has 0 N–H and O–H groups in total. The van der Waals surface area contributed by atoms with E-state index in [1.165, 1.54) is 25.7 Å². The number of hydrogen-bond acceptors (Lipinski definition) is 3. The highest BCUT2D eigenvalue weighted by atomic mass is 79.9. The molecule has 4 nitrogen and oxygen atoms in total. The van der Waals surface area contributed by atoms with Crippen molar-refractivity contribution in [2.24, 2.45) is 5.92 Å². The van der Waals surface area contributed by atoms with E-state index in [9.17, 15) is 4.79 Å². The van der Waals surface area contributed by atoms with Crippen LogP contribution in [-0.4, -0.2) is 29.3 Å². The molecule has 1 saturated carbocycles. The summed E-state index contributed by atoms with van der Waals surface area (Å²) in [6.07, 6.45) is 8.57. The quantitative estimate of drug-likeness (QED) is 0.720. The lowest BCUT2D eigenvalue weighted by Crippen LogP contribution is -2.14.